The molecule has 6 heteroatoms. The topological polar surface area (TPSA) is 91.2 Å². The van der Waals surface area contributed by atoms with E-state index in [0.717, 1.165) is 5.56 Å². The van der Waals surface area contributed by atoms with Crippen LogP contribution in [0.5, 0.6) is 0 Å². The van der Waals surface area contributed by atoms with E-state index in [2.05, 4.69) is 10.6 Å². The van der Waals surface area contributed by atoms with Gasteiger partial charge in [0.1, 0.15) is 11.6 Å². The SMILES string of the molecule is COC(=O)c1ccccc1N/C=C(/C#N)C(=O)Nc1ccccc1C. The molecule has 126 valence electrons. The van der Waals surface area contributed by atoms with Crippen molar-refractivity contribution in [2.45, 2.75) is 6.92 Å². The first-order chi connectivity index (χ1) is 12.1. The van der Waals surface area contributed by atoms with Crippen molar-refractivity contribution in [3.8, 4) is 6.07 Å². The molecule has 2 N–H and O–H groups in total. The summed E-state index contributed by atoms with van der Waals surface area (Å²) in [6.07, 6.45) is 1.26. The Morgan fingerprint density at radius 1 is 1.08 bits per heavy atom. The number of methoxy groups -OCH3 is 1. The van der Waals surface area contributed by atoms with Gasteiger partial charge in [-0.3, -0.25) is 4.79 Å². The highest BCUT2D eigenvalue weighted by Gasteiger charge is 2.13. The highest BCUT2D eigenvalue weighted by Crippen LogP contribution is 2.17. The zero-order chi connectivity index (χ0) is 18.2. The van der Waals surface area contributed by atoms with Gasteiger partial charge >= 0.3 is 5.97 Å². The van der Waals surface area contributed by atoms with Crippen LogP contribution in [0.4, 0.5) is 11.4 Å². The molecule has 0 saturated heterocycles. The summed E-state index contributed by atoms with van der Waals surface area (Å²) >= 11 is 0. The van der Waals surface area contributed by atoms with E-state index in [1.807, 2.05) is 25.1 Å². The number of amides is 1. The van der Waals surface area contributed by atoms with Crippen molar-refractivity contribution in [2.24, 2.45) is 0 Å². The van der Waals surface area contributed by atoms with Crippen molar-refractivity contribution < 1.29 is 14.3 Å². The van der Waals surface area contributed by atoms with E-state index >= 15 is 0 Å². The van der Waals surface area contributed by atoms with Gasteiger partial charge in [0.15, 0.2) is 0 Å². The molecule has 2 aromatic rings. The Labute approximate surface area is 145 Å². The highest BCUT2D eigenvalue weighted by molar-refractivity contribution is 6.07. The first-order valence-corrected chi connectivity index (χ1v) is 7.48. The number of carbonyl (C=O) groups is 2. The van der Waals surface area contributed by atoms with Crippen LogP contribution in [0.1, 0.15) is 15.9 Å². The Morgan fingerprint density at radius 2 is 1.72 bits per heavy atom. The van der Waals surface area contributed by atoms with Crippen LogP contribution in [0.3, 0.4) is 0 Å². The molecule has 0 radical (unpaired) electrons. The maximum absolute atomic E-state index is 12.3. The van der Waals surface area contributed by atoms with Crippen molar-refractivity contribution in [1.29, 1.82) is 5.26 Å². The number of ether oxygens (including phenoxy) is 1. The second kappa shape index (κ2) is 8.31. The number of carbonyl (C=O) groups excluding carboxylic acids is 2. The fraction of sp³-hybridized carbons (Fsp3) is 0.105. The number of nitrogens with zero attached hydrogens (tertiary/aromatic N) is 1. The van der Waals surface area contributed by atoms with Gasteiger partial charge in [-0.2, -0.15) is 5.26 Å². The van der Waals surface area contributed by atoms with Crippen LogP contribution in [0.2, 0.25) is 0 Å². The Morgan fingerprint density at radius 3 is 2.36 bits per heavy atom. The van der Waals surface area contributed by atoms with Crippen molar-refractivity contribution in [3.63, 3.8) is 0 Å². The van der Waals surface area contributed by atoms with Crippen LogP contribution in [-0.4, -0.2) is 19.0 Å². The number of esters is 1. The minimum atomic E-state index is -0.542. The largest absolute Gasteiger partial charge is 0.465 e. The number of aryl methyl sites for hydroxylation is 1. The van der Waals surface area contributed by atoms with E-state index in [1.54, 1.807) is 36.4 Å². The first kappa shape index (κ1) is 17.8. The normalized spacial score (nSPS) is 10.5. The second-order valence-corrected chi connectivity index (χ2v) is 5.12. The standard InChI is InChI=1S/C19H17N3O3/c1-13-7-3-5-9-16(13)22-18(23)14(11-20)12-21-17-10-6-4-8-15(17)19(24)25-2/h3-10,12,21H,1-2H3,(H,22,23)/b14-12-. The third-order valence-corrected chi connectivity index (χ3v) is 3.46. The fourth-order valence-electron chi connectivity index (χ4n) is 2.10. The molecule has 0 aliphatic heterocycles. The third kappa shape index (κ3) is 4.45. The average molecular weight is 335 g/mol. The lowest BCUT2D eigenvalue weighted by atomic mass is 10.1. The molecule has 0 aliphatic carbocycles. The molecule has 2 aromatic carbocycles. The van der Waals surface area contributed by atoms with Crippen molar-refractivity contribution in [1.82, 2.24) is 0 Å². The number of rotatable bonds is 5. The van der Waals surface area contributed by atoms with Crippen LogP contribution in [0.25, 0.3) is 0 Å². The summed E-state index contributed by atoms with van der Waals surface area (Å²) in [5.74, 6) is -1.06. The zero-order valence-electron chi connectivity index (χ0n) is 13.9. The average Bonchev–Trinajstić information content (AvgIpc) is 2.64. The molecule has 6 nitrogen and oxygen atoms in total. The van der Waals surface area contributed by atoms with Gasteiger partial charge in [-0.15, -0.1) is 0 Å². The van der Waals surface area contributed by atoms with Crippen LogP contribution in [0, 0.1) is 18.3 Å². The molecule has 0 unspecified atom stereocenters. The first-order valence-electron chi connectivity index (χ1n) is 7.48. The molecule has 25 heavy (non-hydrogen) atoms. The molecule has 0 spiro atoms. The molecular weight excluding hydrogens is 318 g/mol. The summed E-state index contributed by atoms with van der Waals surface area (Å²) in [5, 5.41) is 14.7. The minimum absolute atomic E-state index is 0.122. The summed E-state index contributed by atoms with van der Waals surface area (Å²) in [5.41, 5.74) is 2.13. The molecule has 0 bridgehead atoms. The van der Waals surface area contributed by atoms with E-state index in [4.69, 9.17) is 4.74 Å². The Bertz CT molecular complexity index is 866. The van der Waals surface area contributed by atoms with Gasteiger partial charge in [-0.1, -0.05) is 30.3 Å². The maximum Gasteiger partial charge on any atom is 0.339 e. The van der Waals surface area contributed by atoms with Crippen LogP contribution in [0.15, 0.2) is 60.3 Å². The number of hydrogen-bond acceptors (Lipinski definition) is 5. The summed E-state index contributed by atoms with van der Waals surface area (Å²) in [7, 11) is 1.28. The lowest BCUT2D eigenvalue weighted by Crippen LogP contribution is -2.15. The van der Waals surface area contributed by atoms with Gasteiger partial charge in [-0.05, 0) is 30.7 Å². The number of hydrogen-bond donors (Lipinski definition) is 2. The number of nitriles is 1. The van der Waals surface area contributed by atoms with Crippen LogP contribution < -0.4 is 10.6 Å². The third-order valence-electron chi connectivity index (χ3n) is 3.46. The molecule has 1 amide bonds. The van der Waals surface area contributed by atoms with E-state index in [0.29, 0.717) is 16.9 Å². The maximum atomic E-state index is 12.3. The van der Waals surface area contributed by atoms with E-state index in [1.165, 1.54) is 13.3 Å². The zero-order valence-corrected chi connectivity index (χ0v) is 13.9. The Balaban J connectivity index is 2.19. The number of nitrogens with one attached hydrogen (secondary N) is 2. The predicted molar refractivity (Wildman–Crippen MR) is 94.9 cm³/mol. The molecule has 0 aromatic heterocycles. The van der Waals surface area contributed by atoms with Gasteiger partial charge in [0.25, 0.3) is 5.91 Å². The lowest BCUT2D eigenvalue weighted by Gasteiger charge is -2.09. The van der Waals surface area contributed by atoms with E-state index < -0.39 is 11.9 Å². The number of benzene rings is 2. The van der Waals surface area contributed by atoms with Crippen molar-refractivity contribution in [3.05, 3.63) is 71.4 Å². The van der Waals surface area contributed by atoms with Crippen LogP contribution in [-0.2, 0) is 9.53 Å². The molecule has 0 saturated carbocycles. The molecule has 2 rings (SSSR count). The van der Waals surface area contributed by atoms with Gasteiger partial charge < -0.3 is 15.4 Å². The van der Waals surface area contributed by atoms with E-state index in [-0.39, 0.29) is 5.57 Å². The van der Waals surface area contributed by atoms with Crippen LogP contribution >= 0.6 is 0 Å². The number of anilines is 2. The summed E-state index contributed by atoms with van der Waals surface area (Å²) in [4.78, 5) is 24.0. The molecule has 0 fully saturated rings. The highest BCUT2D eigenvalue weighted by atomic mass is 16.5. The van der Waals surface area contributed by atoms with Gasteiger partial charge in [0, 0.05) is 11.9 Å². The number of para-hydroxylation sites is 2. The Kier molecular flexibility index (Phi) is 5.91. The minimum Gasteiger partial charge on any atom is -0.465 e. The van der Waals surface area contributed by atoms with E-state index in [9.17, 15) is 14.9 Å². The second-order valence-electron chi connectivity index (χ2n) is 5.12. The molecule has 0 atom stereocenters. The quantitative estimate of drug-likeness (QED) is 0.497. The molecule has 0 aliphatic rings. The monoisotopic (exact) mass is 335 g/mol. The fourth-order valence-corrected chi connectivity index (χ4v) is 2.10. The lowest BCUT2D eigenvalue weighted by molar-refractivity contribution is -0.112. The molecule has 0 heterocycles. The molecular formula is C19H17N3O3. The summed E-state index contributed by atoms with van der Waals surface area (Å²) < 4.78 is 4.71. The smallest absolute Gasteiger partial charge is 0.339 e. The van der Waals surface area contributed by atoms with Gasteiger partial charge in [0.2, 0.25) is 0 Å². The summed E-state index contributed by atoms with van der Waals surface area (Å²) in [6, 6.07) is 15.8. The van der Waals surface area contributed by atoms with Gasteiger partial charge in [-0.25, -0.2) is 4.79 Å². The van der Waals surface area contributed by atoms with Crippen molar-refractivity contribution in [2.75, 3.05) is 17.7 Å². The van der Waals surface area contributed by atoms with Gasteiger partial charge in [0.05, 0.1) is 18.4 Å². The summed E-state index contributed by atoms with van der Waals surface area (Å²) in [6.45, 7) is 1.86. The Hall–Kier alpha value is -3.59. The van der Waals surface area contributed by atoms with Crippen molar-refractivity contribution >= 4 is 23.3 Å². The predicted octanol–water partition coefficient (Wildman–Crippen LogP) is 3.24.